The van der Waals surface area contributed by atoms with Gasteiger partial charge in [-0.1, -0.05) is 6.07 Å². The number of imidazole rings is 1. The molecule has 244 valence electrons. The number of rotatable bonds is 14. The van der Waals surface area contributed by atoms with Crippen LogP contribution in [0.1, 0.15) is 74.7 Å². The number of carbonyl (C=O) groups excluding carboxylic acids is 2. The minimum absolute atomic E-state index is 0.00551. The molecule has 14 heteroatoms. The fourth-order valence-corrected chi connectivity index (χ4v) is 4.67. The van der Waals surface area contributed by atoms with E-state index in [2.05, 4.69) is 15.0 Å². The second-order valence-corrected chi connectivity index (χ2v) is 11.5. The highest BCUT2D eigenvalue weighted by Gasteiger charge is 2.27. The van der Waals surface area contributed by atoms with Gasteiger partial charge in [0.15, 0.2) is 22.7 Å². The Bertz CT molecular complexity index is 1750. The fourth-order valence-electron chi connectivity index (χ4n) is 4.67. The number of amides is 1. The molecule has 4 aromatic rings. The van der Waals surface area contributed by atoms with Crippen molar-refractivity contribution in [2.75, 3.05) is 13.2 Å². The molecule has 7 N–H and O–H groups in total. The van der Waals surface area contributed by atoms with Gasteiger partial charge in [-0.3, -0.25) is 14.8 Å². The number of nitrogens with two attached hydrogens (primary N) is 3. The monoisotopic (exact) mass is 632 g/mol. The van der Waals surface area contributed by atoms with E-state index in [1.807, 2.05) is 6.92 Å². The lowest BCUT2D eigenvalue weighted by Crippen LogP contribution is -2.27. The molecule has 2 aromatic carbocycles. The Balaban J connectivity index is 1.86. The van der Waals surface area contributed by atoms with E-state index in [-0.39, 0.29) is 46.0 Å². The number of carbonyl (C=O) groups is 2. The van der Waals surface area contributed by atoms with Gasteiger partial charge in [-0.05, 0) is 96.8 Å². The van der Waals surface area contributed by atoms with E-state index in [9.17, 15) is 9.59 Å². The van der Waals surface area contributed by atoms with Gasteiger partial charge >= 0.3 is 12.0 Å². The van der Waals surface area contributed by atoms with E-state index in [1.165, 1.54) is 12.1 Å². The van der Waals surface area contributed by atoms with Crippen LogP contribution in [-0.2, 0) is 9.53 Å². The topological polar surface area (TPSA) is 217 Å². The number of fused-ring (bicyclic) bond motifs is 1. The van der Waals surface area contributed by atoms with Gasteiger partial charge in [0, 0.05) is 5.56 Å². The number of hydrogen-bond donors (Lipinski definition) is 4. The van der Waals surface area contributed by atoms with Crippen LogP contribution in [0, 0.1) is 12.3 Å². The third kappa shape index (κ3) is 8.07. The number of ether oxygens (including phenoxy) is 4. The number of nitrogens with one attached hydrogen (secondary N) is 1. The quantitative estimate of drug-likeness (QED) is 0.0656. The van der Waals surface area contributed by atoms with Gasteiger partial charge in [0.25, 0.3) is 5.88 Å². The summed E-state index contributed by atoms with van der Waals surface area (Å²) < 4.78 is 25.2. The van der Waals surface area contributed by atoms with Crippen LogP contribution in [-0.4, -0.2) is 56.0 Å². The lowest BCUT2D eigenvalue weighted by molar-refractivity contribution is -0.121. The van der Waals surface area contributed by atoms with Crippen molar-refractivity contribution in [2.45, 2.75) is 65.5 Å². The van der Waals surface area contributed by atoms with Crippen molar-refractivity contribution in [1.29, 1.82) is 5.41 Å². The predicted molar refractivity (Wildman–Crippen MR) is 172 cm³/mol. The predicted octanol–water partition coefficient (Wildman–Crippen LogP) is 4.51. The van der Waals surface area contributed by atoms with Gasteiger partial charge in [0.05, 0.1) is 12.2 Å². The molecule has 0 radical (unpaired) electrons. The van der Waals surface area contributed by atoms with Crippen LogP contribution in [0.5, 0.6) is 29.1 Å². The van der Waals surface area contributed by atoms with E-state index in [0.29, 0.717) is 49.6 Å². The summed E-state index contributed by atoms with van der Waals surface area (Å²) in [7, 11) is 0. The molecular weight excluding hydrogens is 592 g/mol. The minimum Gasteiger partial charge on any atom is -0.490 e. The van der Waals surface area contributed by atoms with Crippen molar-refractivity contribution >= 4 is 28.9 Å². The number of aromatic nitrogens is 4. The number of amidine groups is 1. The van der Waals surface area contributed by atoms with Crippen LogP contribution in [0.2, 0.25) is 0 Å². The van der Waals surface area contributed by atoms with Gasteiger partial charge < -0.3 is 36.1 Å². The summed E-state index contributed by atoms with van der Waals surface area (Å²) in [5.41, 5.74) is 17.7. The van der Waals surface area contributed by atoms with Gasteiger partial charge in [0.2, 0.25) is 5.91 Å². The van der Waals surface area contributed by atoms with E-state index >= 15 is 0 Å². The molecule has 1 atom stereocenters. The number of esters is 1. The molecule has 2 heterocycles. The smallest absolute Gasteiger partial charge is 0.338 e. The van der Waals surface area contributed by atoms with Crippen molar-refractivity contribution in [1.82, 2.24) is 19.5 Å². The van der Waals surface area contributed by atoms with E-state index in [1.54, 1.807) is 62.6 Å². The van der Waals surface area contributed by atoms with E-state index < -0.39 is 23.5 Å². The maximum atomic E-state index is 12.8. The second kappa shape index (κ2) is 14.2. The van der Waals surface area contributed by atoms with Crippen molar-refractivity contribution in [2.24, 2.45) is 17.2 Å². The number of unbranched alkanes of at least 4 members (excludes halogenated alkanes) is 1. The lowest BCUT2D eigenvalue weighted by Gasteiger charge is -2.19. The molecule has 2 aromatic heterocycles. The average Bonchev–Trinajstić information content (AvgIpc) is 3.31. The molecule has 1 unspecified atom stereocenters. The molecule has 0 bridgehead atoms. The molecule has 0 aliphatic carbocycles. The van der Waals surface area contributed by atoms with Crippen LogP contribution >= 0.6 is 0 Å². The molecule has 0 spiro atoms. The zero-order chi connectivity index (χ0) is 33.6. The number of nitrogen functional groups attached to an aromatic ring is 1. The standard InChI is InChI=1S/C32H40N8O6/c1-6-43-23-14-13-19(26(34)35)17-24(23)45-31-38-28-25(37-18(2)40(28)22(27(36)41)12-7-8-15-33)29(39-31)44-21-11-9-10-20(16-21)30(42)46-32(3,4)5/h9-11,13-14,16-17,22H,6-8,12,15,33H2,1-5H3,(H3,34,35)(H2,36,41). The summed E-state index contributed by atoms with van der Waals surface area (Å²) >= 11 is 0. The summed E-state index contributed by atoms with van der Waals surface area (Å²) in [6.07, 6.45) is 1.75. The highest BCUT2D eigenvalue weighted by Crippen LogP contribution is 2.36. The van der Waals surface area contributed by atoms with Gasteiger partial charge in [-0.25, -0.2) is 9.78 Å². The SMILES string of the molecule is CCOc1ccc(C(=N)N)cc1Oc1nc(Oc2cccc(C(=O)OC(C)(C)C)c2)c2nc(C)n(C(CCCCN)C(N)=O)c2n1. The Hall–Kier alpha value is -5.24. The van der Waals surface area contributed by atoms with E-state index in [4.69, 9.17) is 41.6 Å². The summed E-state index contributed by atoms with van der Waals surface area (Å²) in [4.78, 5) is 39.3. The Kier molecular flexibility index (Phi) is 10.4. The number of primary amides is 1. The number of hydrogen-bond acceptors (Lipinski definition) is 11. The first-order valence-electron chi connectivity index (χ1n) is 14.9. The maximum Gasteiger partial charge on any atom is 0.338 e. The largest absolute Gasteiger partial charge is 0.490 e. The summed E-state index contributed by atoms with van der Waals surface area (Å²) in [6.45, 7) is 9.69. The third-order valence-corrected chi connectivity index (χ3v) is 6.67. The first-order chi connectivity index (χ1) is 21.8. The van der Waals surface area contributed by atoms with Crippen molar-refractivity contribution in [3.63, 3.8) is 0 Å². The summed E-state index contributed by atoms with van der Waals surface area (Å²) in [5, 5.41) is 7.87. The molecule has 46 heavy (non-hydrogen) atoms. The van der Waals surface area contributed by atoms with Crippen LogP contribution in [0.3, 0.4) is 0 Å². The Morgan fingerprint density at radius 2 is 1.74 bits per heavy atom. The first-order valence-corrected chi connectivity index (χ1v) is 14.9. The Morgan fingerprint density at radius 1 is 0.978 bits per heavy atom. The molecule has 14 nitrogen and oxygen atoms in total. The minimum atomic E-state index is -0.789. The van der Waals surface area contributed by atoms with Gasteiger partial charge in [-0.2, -0.15) is 9.97 Å². The average molecular weight is 633 g/mol. The third-order valence-electron chi connectivity index (χ3n) is 6.67. The van der Waals surface area contributed by atoms with Crippen LogP contribution in [0.15, 0.2) is 42.5 Å². The Morgan fingerprint density at radius 3 is 2.39 bits per heavy atom. The molecule has 0 fully saturated rings. The number of aryl methyl sites for hydroxylation is 1. The molecule has 0 saturated carbocycles. The number of nitrogens with zero attached hydrogens (tertiary/aromatic N) is 4. The molecule has 4 rings (SSSR count). The molecular formula is C32H40N8O6. The normalized spacial score (nSPS) is 12.0. The zero-order valence-corrected chi connectivity index (χ0v) is 26.6. The van der Waals surface area contributed by atoms with Crippen LogP contribution < -0.4 is 31.4 Å². The van der Waals surface area contributed by atoms with Crippen molar-refractivity contribution in [3.05, 3.63) is 59.4 Å². The summed E-state index contributed by atoms with van der Waals surface area (Å²) in [6, 6.07) is 10.3. The van der Waals surface area contributed by atoms with Crippen LogP contribution in [0.25, 0.3) is 11.2 Å². The van der Waals surface area contributed by atoms with E-state index in [0.717, 1.165) is 0 Å². The molecule has 0 saturated heterocycles. The lowest BCUT2D eigenvalue weighted by atomic mass is 10.1. The molecule has 0 aliphatic rings. The first kappa shape index (κ1) is 33.6. The number of benzene rings is 2. The highest BCUT2D eigenvalue weighted by atomic mass is 16.6. The highest BCUT2D eigenvalue weighted by molar-refractivity contribution is 5.95. The fraction of sp³-hybridized carbons (Fsp3) is 0.375. The van der Waals surface area contributed by atoms with Crippen LogP contribution in [0.4, 0.5) is 0 Å². The van der Waals surface area contributed by atoms with Gasteiger partial charge in [0.1, 0.15) is 29.1 Å². The van der Waals surface area contributed by atoms with Crippen molar-refractivity contribution in [3.8, 4) is 29.1 Å². The zero-order valence-electron chi connectivity index (χ0n) is 26.6. The molecule has 0 aliphatic heterocycles. The molecule has 1 amide bonds. The van der Waals surface area contributed by atoms with Crippen molar-refractivity contribution < 1.29 is 28.5 Å². The summed E-state index contributed by atoms with van der Waals surface area (Å²) in [5.74, 6) is 0.00614. The maximum absolute atomic E-state index is 12.8. The van der Waals surface area contributed by atoms with Gasteiger partial charge in [-0.15, -0.1) is 0 Å². The second-order valence-electron chi connectivity index (χ2n) is 11.5. The Labute approximate surface area is 266 Å².